The number of hydrogen-bond acceptors (Lipinski definition) is 1. The van der Waals surface area contributed by atoms with Gasteiger partial charge in [-0.05, 0) is 60.9 Å². The molecule has 2 nitrogen and oxygen atoms in total. The molecule has 23 heavy (non-hydrogen) atoms. The summed E-state index contributed by atoms with van der Waals surface area (Å²) in [5, 5.41) is 4.27. The third-order valence-corrected chi connectivity index (χ3v) is 5.87. The van der Waals surface area contributed by atoms with Crippen LogP contribution in [0.3, 0.4) is 0 Å². The Balaban J connectivity index is 1.78. The quantitative estimate of drug-likeness (QED) is 0.451. The molecular weight excluding hydrogens is 348 g/mol. The SMILES string of the molecule is [C-]#[N+]/N=C1/c2cc(Br)ccc2CC12CCc1ccccc1CC2. The summed E-state index contributed by atoms with van der Waals surface area (Å²) in [6, 6.07) is 15.2. The van der Waals surface area contributed by atoms with Gasteiger partial charge in [-0.1, -0.05) is 46.3 Å². The summed E-state index contributed by atoms with van der Waals surface area (Å²) in [5.41, 5.74) is 6.46. The summed E-state index contributed by atoms with van der Waals surface area (Å²) in [6.07, 6.45) is 5.30. The summed E-state index contributed by atoms with van der Waals surface area (Å²) in [5.74, 6) is 0. The average Bonchev–Trinajstić information content (AvgIpc) is 2.73. The Morgan fingerprint density at radius 3 is 2.35 bits per heavy atom. The lowest BCUT2D eigenvalue weighted by molar-refractivity contribution is 0.375. The molecule has 0 fully saturated rings. The van der Waals surface area contributed by atoms with Gasteiger partial charge in [-0.25, -0.2) is 0 Å². The molecule has 2 aliphatic carbocycles. The van der Waals surface area contributed by atoms with Gasteiger partial charge in [0.25, 0.3) is 0 Å². The van der Waals surface area contributed by atoms with E-state index >= 15 is 0 Å². The second-order valence-corrected chi connectivity index (χ2v) is 7.49. The van der Waals surface area contributed by atoms with Gasteiger partial charge < -0.3 is 0 Å². The second-order valence-electron chi connectivity index (χ2n) is 6.58. The van der Waals surface area contributed by atoms with E-state index in [1.54, 1.807) is 0 Å². The Morgan fingerprint density at radius 1 is 1.00 bits per heavy atom. The fourth-order valence-corrected chi connectivity index (χ4v) is 4.56. The maximum atomic E-state index is 7.27. The third-order valence-electron chi connectivity index (χ3n) is 5.37. The van der Waals surface area contributed by atoms with Crippen LogP contribution in [0.25, 0.3) is 4.95 Å². The molecule has 3 heteroatoms. The molecule has 0 saturated heterocycles. The molecule has 0 aromatic heterocycles. The van der Waals surface area contributed by atoms with Crippen LogP contribution in [0.2, 0.25) is 0 Å². The zero-order valence-corrected chi connectivity index (χ0v) is 14.4. The van der Waals surface area contributed by atoms with Crippen LogP contribution in [0, 0.1) is 12.0 Å². The summed E-state index contributed by atoms with van der Waals surface area (Å²) < 4.78 is 1.06. The van der Waals surface area contributed by atoms with Gasteiger partial charge in [-0.3, -0.25) is 0 Å². The van der Waals surface area contributed by atoms with Crippen LogP contribution in [-0.2, 0) is 19.3 Å². The highest BCUT2D eigenvalue weighted by atomic mass is 79.9. The van der Waals surface area contributed by atoms with E-state index in [4.69, 9.17) is 6.57 Å². The standard InChI is InChI=1S/C20H17BrN2/c1-22-23-19-18-12-17(21)7-6-16(18)13-20(19)10-8-14-4-2-3-5-15(14)9-11-20/h2-7,12H,8-11,13H2/b23-19-. The van der Waals surface area contributed by atoms with Gasteiger partial charge in [-0.2, -0.15) is 6.57 Å². The molecule has 0 aliphatic heterocycles. The van der Waals surface area contributed by atoms with Crippen LogP contribution >= 0.6 is 15.9 Å². The van der Waals surface area contributed by atoms with Crippen LogP contribution in [0.1, 0.15) is 35.1 Å². The van der Waals surface area contributed by atoms with Crippen molar-refractivity contribution >= 4 is 21.6 Å². The molecule has 2 aliphatic rings. The molecule has 0 bridgehead atoms. The Bertz CT molecular complexity index is 818. The number of aryl methyl sites for hydroxylation is 2. The highest BCUT2D eigenvalue weighted by molar-refractivity contribution is 9.10. The summed E-state index contributed by atoms with van der Waals surface area (Å²) >= 11 is 3.56. The first kappa shape index (κ1) is 14.7. The second kappa shape index (κ2) is 5.62. The van der Waals surface area contributed by atoms with E-state index in [-0.39, 0.29) is 5.41 Å². The Kier molecular flexibility index (Phi) is 3.58. The van der Waals surface area contributed by atoms with E-state index in [2.05, 4.69) is 68.4 Å². The van der Waals surface area contributed by atoms with Crippen molar-refractivity contribution < 1.29 is 0 Å². The van der Waals surface area contributed by atoms with Gasteiger partial charge in [0.2, 0.25) is 0 Å². The molecule has 1 spiro atoms. The zero-order chi connectivity index (χ0) is 15.9. The monoisotopic (exact) mass is 364 g/mol. The number of halogens is 1. The molecule has 2 aromatic carbocycles. The van der Waals surface area contributed by atoms with E-state index in [1.807, 2.05) is 0 Å². The lowest BCUT2D eigenvalue weighted by Gasteiger charge is -2.26. The number of fused-ring (bicyclic) bond motifs is 2. The molecular formula is C20H17BrN2. The minimum absolute atomic E-state index is 0.0205. The zero-order valence-electron chi connectivity index (χ0n) is 12.8. The summed E-state index contributed by atoms with van der Waals surface area (Å²) in [7, 11) is 0. The first-order chi connectivity index (χ1) is 11.2. The largest absolute Gasteiger partial charge is 0.181 e. The van der Waals surface area contributed by atoms with Crippen LogP contribution in [0.5, 0.6) is 0 Å². The Labute approximate surface area is 145 Å². The van der Waals surface area contributed by atoms with E-state index in [9.17, 15) is 0 Å². The van der Waals surface area contributed by atoms with E-state index < -0.39 is 0 Å². The van der Waals surface area contributed by atoms with Gasteiger partial charge in [0.1, 0.15) is 5.71 Å². The number of hydrogen-bond donors (Lipinski definition) is 0. The van der Waals surface area contributed by atoms with Crippen LogP contribution in [0.4, 0.5) is 0 Å². The molecule has 0 heterocycles. The van der Waals surface area contributed by atoms with Crippen LogP contribution in [0.15, 0.2) is 52.0 Å². The summed E-state index contributed by atoms with van der Waals surface area (Å²) in [4.78, 5) is 3.40. The van der Waals surface area contributed by atoms with Crippen molar-refractivity contribution in [1.82, 2.24) is 0 Å². The predicted molar refractivity (Wildman–Crippen MR) is 96.5 cm³/mol. The van der Waals surface area contributed by atoms with E-state index in [0.717, 1.165) is 42.3 Å². The summed E-state index contributed by atoms with van der Waals surface area (Å²) in [6.45, 7) is 7.27. The van der Waals surface area contributed by atoms with Crippen molar-refractivity contribution in [2.24, 2.45) is 10.5 Å². The van der Waals surface area contributed by atoms with Gasteiger partial charge in [0.05, 0.1) is 5.10 Å². The van der Waals surface area contributed by atoms with Crippen molar-refractivity contribution in [3.63, 3.8) is 0 Å². The maximum absolute atomic E-state index is 7.27. The van der Waals surface area contributed by atoms with Crippen molar-refractivity contribution in [1.29, 1.82) is 0 Å². The molecule has 0 unspecified atom stereocenters. The van der Waals surface area contributed by atoms with E-state index in [1.165, 1.54) is 22.3 Å². The first-order valence-corrected chi connectivity index (χ1v) is 8.82. The molecule has 4 rings (SSSR count). The molecule has 114 valence electrons. The van der Waals surface area contributed by atoms with Crippen molar-refractivity contribution in [3.05, 3.63) is 80.7 Å². The fraction of sp³-hybridized carbons (Fsp3) is 0.300. The molecule has 2 aromatic rings. The highest BCUT2D eigenvalue weighted by Gasteiger charge is 2.45. The van der Waals surface area contributed by atoms with Gasteiger partial charge in [0.15, 0.2) is 0 Å². The van der Waals surface area contributed by atoms with Crippen LogP contribution < -0.4 is 0 Å². The first-order valence-electron chi connectivity index (χ1n) is 8.02. The van der Waals surface area contributed by atoms with Gasteiger partial charge in [0, 0.05) is 15.5 Å². The van der Waals surface area contributed by atoms with E-state index in [0.29, 0.717) is 0 Å². The Morgan fingerprint density at radius 2 is 1.70 bits per heavy atom. The molecule has 0 radical (unpaired) electrons. The van der Waals surface area contributed by atoms with Crippen molar-refractivity contribution in [2.45, 2.75) is 32.1 Å². The normalized spacial score (nSPS) is 19.9. The number of nitrogens with zero attached hydrogens (tertiary/aromatic N) is 2. The molecule has 0 saturated carbocycles. The minimum atomic E-state index is 0.0205. The van der Waals surface area contributed by atoms with Gasteiger partial charge in [-0.15, -0.1) is 4.95 Å². The lowest BCUT2D eigenvalue weighted by atomic mass is 9.76. The van der Waals surface area contributed by atoms with Crippen LogP contribution in [-0.4, -0.2) is 5.71 Å². The lowest BCUT2D eigenvalue weighted by Crippen LogP contribution is -2.29. The molecule has 0 amide bonds. The molecule has 0 atom stereocenters. The molecule has 0 N–H and O–H groups in total. The average molecular weight is 365 g/mol. The fourth-order valence-electron chi connectivity index (χ4n) is 4.20. The smallest absolute Gasteiger partial charge is 0.137 e. The number of rotatable bonds is 0. The topological polar surface area (TPSA) is 16.7 Å². The van der Waals surface area contributed by atoms with Crippen molar-refractivity contribution in [3.8, 4) is 0 Å². The Hall–Kier alpha value is -1.92. The van der Waals surface area contributed by atoms with Gasteiger partial charge >= 0.3 is 0 Å². The minimum Gasteiger partial charge on any atom is -0.181 e. The van der Waals surface area contributed by atoms with Crippen molar-refractivity contribution in [2.75, 3.05) is 0 Å². The predicted octanol–water partition coefficient (Wildman–Crippen LogP) is 5.19. The maximum Gasteiger partial charge on any atom is 0.137 e. The third kappa shape index (κ3) is 2.42. The number of benzene rings is 2. The highest BCUT2D eigenvalue weighted by Crippen LogP contribution is 2.47.